The number of hydrogen-bond donors (Lipinski definition) is 2. The molecule has 7 nitrogen and oxygen atoms in total. The highest BCUT2D eigenvalue weighted by atomic mass is 16.5. The Balaban J connectivity index is 1.24. The first kappa shape index (κ1) is 24.3. The van der Waals surface area contributed by atoms with Crippen molar-refractivity contribution in [2.45, 2.75) is 38.8 Å². The molecule has 1 fully saturated rings. The van der Waals surface area contributed by atoms with Crippen LogP contribution in [-0.2, 0) is 17.8 Å². The van der Waals surface area contributed by atoms with E-state index in [9.17, 15) is 10.1 Å². The average Bonchev–Trinajstić information content (AvgIpc) is 3.72. The van der Waals surface area contributed by atoms with Crippen LogP contribution in [-0.4, -0.2) is 24.0 Å². The number of nitrogens with zero attached hydrogens (tertiary/aromatic N) is 2. The van der Waals surface area contributed by atoms with Crippen LogP contribution >= 0.6 is 0 Å². The lowest BCUT2D eigenvalue weighted by Crippen LogP contribution is -2.17. The fourth-order valence-electron chi connectivity index (χ4n) is 4.27. The van der Waals surface area contributed by atoms with Gasteiger partial charge >= 0.3 is 0 Å². The Morgan fingerprint density at radius 2 is 1.86 bits per heavy atom. The Labute approximate surface area is 216 Å². The third-order valence-electron chi connectivity index (χ3n) is 6.25. The van der Waals surface area contributed by atoms with Gasteiger partial charge in [0.1, 0.15) is 23.3 Å². The molecule has 5 rings (SSSR count). The summed E-state index contributed by atoms with van der Waals surface area (Å²) in [6, 6.07) is 21.6. The molecule has 0 spiro atoms. The van der Waals surface area contributed by atoms with E-state index in [0.717, 1.165) is 23.4 Å². The number of amides is 1. The molecule has 1 amide bonds. The van der Waals surface area contributed by atoms with Crippen molar-refractivity contribution in [1.82, 2.24) is 10.3 Å². The highest BCUT2D eigenvalue weighted by Gasteiger charge is 2.20. The molecular formula is C30H28N4O3. The Kier molecular flexibility index (Phi) is 7.02. The van der Waals surface area contributed by atoms with Crippen molar-refractivity contribution in [1.29, 1.82) is 5.26 Å². The molecule has 1 aliphatic carbocycles. The van der Waals surface area contributed by atoms with Gasteiger partial charge in [0, 0.05) is 35.9 Å². The maximum absolute atomic E-state index is 12.7. The van der Waals surface area contributed by atoms with Crippen LogP contribution in [0.2, 0.25) is 0 Å². The molecule has 2 N–H and O–H groups in total. The van der Waals surface area contributed by atoms with E-state index in [4.69, 9.17) is 9.47 Å². The van der Waals surface area contributed by atoms with Crippen molar-refractivity contribution in [3.8, 4) is 23.3 Å². The summed E-state index contributed by atoms with van der Waals surface area (Å²) in [6.45, 7) is 2.85. The summed E-state index contributed by atoms with van der Waals surface area (Å²) in [5.41, 5.74) is 5.07. The normalized spacial score (nSPS) is 12.7. The molecule has 0 radical (unpaired) electrons. The van der Waals surface area contributed by atoms with Crippen LogP contribution in [0, 0.1) is 18.3 Å². The van der Waals surface area contributed by atoms with Gasteiger partial charge < -0.3 is 20.1 Å². The first-order chi connectivity index (χ1) is 18.0. The first-order valence-electron chi connectivity index (χ1n) is 12.3. The fraction of sp³-hybridized carbons (Fsp3) is 0.233. The molecule has 0 atom stereocenters. The minimum atomic E-state index is -0.0709. The number of aromatic nitrogens is 1. The van der Waals surface area contributed by atoms with Crippen LogP contribution in [0.3, 0.4) is 0 Å². The molecule has 186 valence electrons. The fourth-order valence-corrected chi connectivity index (χ4v) is 4.27. The van der Waals surface area contributed by atoms with Gasteiger partial charge in [-0.15, -0.1) is 0 Å². The van der Waals surface area contributed by atoms with E-state index in [1.54, 1.807) is 24.4 Å². The predicted octanol–water partition coefficient (Wildman–Crippen LogP) is 5.65. The van der Waals surface area contributed by atoms with Crippen molar-refractivity contribution in [3.05, 3.63) is 89.1 Å². The molecule has 1 aliphatic rings. The number of anilines is 1. The lowest BCUT2D eigenvalue weighted by Gasteiger charge is -2.12. The zero-order valence-electron chi connectivity index (χ0n) is 20.9. The number of carbonyl (C=O) groups is 1. The molecule has 7 heteroatoms. The van der Waals surface area contributed by atoms with E-state index >= 15 is 0 Å². The molecule has 37 heavy (non-hydrogen) atoms. The van der Waals surface area contributed by atoms with Crippen LogP contribution in [0.15, 0.2) is 66.9 Å². The molecule has 0 aliphatic heterocycles. The number of ether oxygens (including phenoxy) is 2. The van der Waals surface area contributed by atoms with Crippen LogP contribution < -0.4 is 20.1 Å². The summed E-state index contributed by atoms with van der Waals surface area (Å²) < 4.78 is 11.4. The van der Waals surface area contributed by atoms with Crippen molar-refractivity contribution < 1.29 is 14.3 Å². The standard InChI is InChI=1S/C30H28N4O3/c1-19-11-21(18-33-23-5-6-23)13-24(12-19)34-30(35)14-20-3-7-25(8-4-20)37-28-9-10-32-27-16-29(36-2)22(17-31)15-26(27)28/h3-4,7-13,15-16,23,33H,5-6,14,18H2,1-2H3,(H,34,35). The SMILES string of the molecule is COc1cc2nccc(Oc3ccc(CC(=O)Nc4cc(C)cc(CNC5CC5)c4)cc3)c2cc1C#N. The number of fused-ring (bicyclic) bond motifs is 1. The molecule has 1 saturated carbocycles. The summed E-state index contributed by atoms with van der Waals surface area (Å²) in [7, 11) is 1.52. The summed E-state index contributed by atoms with van der Waals surface area (Å²) >= 11 is 0. The van der Waals surface area contributed by atoms with Crippen molar-refractivity contribution >= 4 is 22.5 Å². The summed E-state index contributed by atoms with van der Waals surface area (Å²) in [5, 5.41) is 16.7. The number of nitriles is 1. The van der Waals surface area contributed by atoms with Gasteiger partial charge in [-0.1, -0.05) is 18.2 Å². The van der Waals surface area contributed by atoms with Crippen LogP contribution in [0.4, 0.5) is 5.69 Å². The highest BCUT2D eigenvalue weighted by molar-refractivity contribution is 5.92. The number of pyridine rings is 1. The number of aryl methyl sites for hydroxylation is 1. The Hall–Kier alpha value is -4.41. The second-order valence-electron chi connectivity index (χ2n) is 9.32. The molecule has 1 heterocycles. The number of nitrogens with one attached hydrogen (secondary N) is 2. The van der Waals surface area contributed by atoms with E-state index in [1.165, 1.54) is 25.5 Å². The zero-order chi connectivity index (χ0) is 25.8. The third-order valence-corrected chi connectivity index (χ3v) is 6.25. The Morgan fingerprint density at radius 1 is 1.05 bits per heavy atom. The molecular weight excluding hydrogens is 464 g/mol. The van der Waals surface area contributed by atoms with Gasteiger partial charge in [-0.05, 0) is 72.9 Å². The molecule has 0 saturated heterocycles. The number of benzene rings is 3. The number of methoxy groups -OCH3 is 1. The largest absolute Gasteiger partial charge is 0.495 e. The van der Waals surface area contributed by atoms with Crippen molar-refractivity contribution in [3.63, 3.8) is 0 Å². The van der Waals surface area contributed by atoms with Crippen LogP contribution in [0.1, 0.15) is 35.1 Å². The Morgan fingerprint density at radius 3 is 2.59 bits per heavy atom. The van der Waals surface area contributed by atoms with Crippen LogP contribution in [0.25, 0.3) is 10.9 Å². The molecule has 3 aromatic carbocycles. The Bertz CT molecular complexity index is 1490. The number of carbonyl (C=O) groups excluding carboxylic acids is 1. The van der Waals surface area contributed by atoms with Gasteiger partial charge in [0.15, 0.2) is 0 Å². The van der Waals surface area contributed by atoms with Gasteiger partial charge in [0.25, 0.3) is 0 Å². The molecule has 0 unspecified atom stereocenters. The maximum Gasteiger partial charge on any atom is 0.228 e. The lowest BCUT2D eigenvalue weighted by molar-refractivity contribution is -0.115. The second-order valence-corrected chi connectivity index (χ2v) is 9.32. The molecule has 1 aromatic heterocycles. The number of hydrogen-bond acceptors (Lipinski definition) is 6. The average molecular weight is 493 g/mol. The van der Waals surface area contributed by atoms with Crippen LogP contribution in [0.5, 0.6) is 17.2 Å². The van der Waals surface area contributed by atoms with Gasteiger partial charge in [-0.3, -0.25) is 9.78 Å². The highest BCUT2D eigenvalue weighted by Crippen LogP contribution is 2.33. The van der Waals surface area contributed by atoms with Gasteiger partial charge in [0.2, 0.25) is 5.91 Å². The number of rotatable bonds is 9. The second kappa shape index (κ2) is 10.7. The molecule has 0 bridgehead atoms. The predicted molar refractivity (Wildman–Crippen MR) is 143 cm³/mol. The minimum absolute atomic E-state index is 0.0709. The smallest absolute Gasteiger partial charge is 0.228 e. The summed E-state index contributed by atoms with van der Waals surface area (Å²) in [6.07, 6.45) is 4.40. The monoisotopic (exact) mass is 492 g/mol. The maximum atomic E-state index is 12.7. The summed E-state index contributed by atoms with van der Waals surface area (Å²) in [4.78, 5) is 17.1. The van der Waals surface area contributed by atoms with Gasteiger partial charge in [-0.25, -0.2) is 0 Å². The van der Waals surface area contributed by atoms with E-state index in [2.05, 4.69) is 27.8 Å². The minimum Gasteiger partial charge on any atom is -0.495 e. The van der Waals surface area contributed by atoms with Crippen molar-refractivity contribution in [2.75, 3.05) is 12.4 Å². The lowest BCUT2D eigenvalue weighted by atomic mass is 10.1. The van der Waals surface area contributed by atoms with Gasteiger partial charge in [0.05, 0.1) is 24.6 Å². The van der Waals surface area contributed by atoms with E-state index in [1.807, 2.05) is 43.3 Å². The van der Waals surface area contributed by atoms with Gasteiger partial charge in [-0.2, -0.15) is 5.26 Å². The van der Waals surface area contributed by atoms with E-state index in [-0.39, 0.29) is 12.3 Å². The summed E-state index contributed by atoms with van der Waals surface area (Å²) in [5.74, 6) is 1.61. The topological polar surface area (TPSA) is 96.3 Å². The third kappa shape index (κ3) is 6.05. The molecule has 4 aromatic rings. The zero-order valence-corrected chi connectivity index (χ0v) is 20.9. The van der Waals surface area contributed by atoms with Crippen molar-refractivity contribution in [2.24, 2.45) is 0 Å². The quantitative estimate of drug-likeness (QED) is 0.313. The first-order valence-corrected chi connectivity index (χ1v) is 12.3. The van der Waals surface area contributed by atoms with E-state index in [0.29, 0.717) is 39.8 Å². The van der Waals surface area contributed by atoms with E-state index < -0.39 is 0 Å².